The van der Waals surface area contributed by atoms with Crippen LogP contribution in [0.4, 0.5) is 0 Å². The van der Waals surface area contributed by atoms with E-state index in [-0.39, 0.29) is 5.75 Å². The molecule has 0 saturated carbocycles. The van der Waals surface area contributed by atoms with Crippen molar-refractivity contribution in [2.75, 3.05) is 0 Å². The van der Waals surface area contributed by atoms with Crippen LogP contribution >= 0.6 is 0 Å². The van der Waals surface area contributed by atoms with Crippen LogP contribution < -0.4 is 0 Å². The SMILES string of the molecule is Oc1cc[nH]cccc2ccccc12. The van der Waals surface area contributed by atoms with Gasteiger partial charge in [-0.1, -0.05) is 30.3 Å². The van der Waals surface area contributed by atoms with Crippen LogP contribution in [0.5, 0.6) is 5.75 Å². The molecule has 2 heteroatoms. The number of nitrogens with one attached hydrogen (secondary N) is 1. The number of hydrogen-bond acceptors (Lipinski definition) is 1. The van der Waals surface area contributed by atoms with E-state index < -0.39 is 0 Å². The summed E-state index contributed by atoms with van der Waals surface area (Å²) in [4.78, 5) is 2.92. The number of fused-ring (bicyclic) bond motifs is 1. The summed E-state index contributed by atoms with van der Waals surface area (Å²) in [6.45, 7) is 0. The van der Waals surface area contributed by atoms with Gasteiger partial charge in [0.05, 0.1) is 0 Å². The van der Waals surface area contributed by atoms with E-state index in [0.29, 0.717) is 0 Å². The number of aromatic amines is 1. The van der Waals surface area contributed by atoms with Crippen LogP contribution in [0.1, 0.15) is 0 Å². The van der Waals surface area contributed by atoms with Crippen LogP contribution in [0.2, 0.25) is 0 Å². The summed E-state index contributed by atoms with van der Waals surface area (Å²) < 4.78 is 0. The maximum Gasteiger partial charge on any atom is 0.124 e. The zero-order valence-electron chi connectivity index (χ0n) is 7.64. The standard InChI is InChI=1S/C12H11NO/c14-12-7-9-13-8-3-5-10-4-1-2-6-11(10)12/h1-9,13-14H. The molecule has 0 spiro atoms. The first-order chi connectivity index (χ1) is 6.88. The Morgan fingerprint density at radius 1 is 0.857 bits per heavy atom. The molecule has 2 N–H and O–H groups in total. The molecule has 0 unspecified atom stereocenters. The second kappa shape index (κ2) is 3.83. The first-order valence-electron chi connectivity index (χ1n) is 4.46. The van der Waals surface area contributed by atoms with Crippen LogP contribution in [-0.4, -0.2) is 10.1 Å². The van der Waals surface area contributed by atoms with Gasteiger partial charge in [-0.15, -0.1) is 0 Å². The van der Waals surface area contributed by atoms with Crippen LogP contribution in [0.3, 0.4) is 0 Å². The zero-order valence-corrected chi connectivity index (χ0v) is 7.64. The fraction of sp³-hybridized carbons (Fsp3) is 0. The number of aromatic hydroxyl groups is 1. The van der Waals surface area contributed by atoms with Gasteiger partial charge in [0.25, 0.3) is 0 Å². The zero-order chi connectivity index (χ0) is 9.80. The van der Waals surface area contributed by atoms with Gasteiger partial charge in [-0.25, -0.2) is 0 Å². The molecule has 0 radical (unpaired) electrons. The summed E-state index contributed by atoms with van der Waals surface area (Å²) >= 11 is 0. The number of hydrogen-bond donors (Lipinski definition) is 2. The van der Waals surface area contributed by atoms with E-state index in [1.807, 2.05) is 42.6 Å². The Morgan fingerprint density at radius 3 is 2.57 bits per heavy atom. The molecule has 1 heterocycles. The molecular formula is C12H11NO. The fourth-order valence-electron chi connectivity index (χ4n) is 1.36. The van der Waals surface area contributed by atoms with Crippen LogP contribution in [0.25, 0.3) is 10.8 Å². The van der Waals surface area contributed by atoms with Gasteiger partial charge in [-0.3, -0.25) is 0 Å². The van der Waals surface area contributed by atoms with Crippen molar-refractivity contribution < 1.29 is 5.11 Å². The molecule has 2 nitrogen and oxygen atoms in total. The Bertz CT molecular complexity index is 486. The Morgan fingerprint density at radius 2 is 1.64 bits per heavy atom. The smallest absolute Gasteiger partial charge is 0.124 e. The number of rotatable bonds is 0. The first-order valence-corrected chi connectivity index (χ1v) is 4.46. The average molecular weight is 185 g/mol. The van der Waals surface area contributed by atoms with Crippen molar-refractivity contribution in [1.82, 2.24) is 4.98 Å². The van der Waals surface area contributed by atoms with Gasteiger partial charge >= 0.3 is 0 Å². The van der Waals surface area contributed by atoms with Crippen LogP contribution in [0, 0.1) is 0 Å². The average Bonchev–Trinajstić information content (AvgIpc) is 2.30. The minimum atomic E-state index is 0.271. The largest absolute Gasteiger partial charge is 0.507 e. The summed E-state index contributed by atoms with van der Waals surface area (Å²) in [5.41, 5.74) is 0. The van der Waals surface area contributed by atoms with Gasteiger partial charge in [-0.05, 0) is 17.5 Å². The van der Waals surface area contributed by atoms with Crippen molar-refractivity contribution in [2.24, 2.45) is 0 Å². The molecule has 0 saturated heterocycles. The fourth-order valence-corrected chi connectivity index (χ4v) is 1.36. The molecule has 2 rings (SSSR count). The second-order valence-electron chi connectivity index (χ2n) is 3.00. The highest BCUT2D eigenvalue weighted by atomic mass is 16.3. The Kier molecular flexibility index (Phi) is 2.36. The normalized spacial score (nSPS) is 9.71. The molecule has 2 aromatic rings. The van der Waals surface area contributed by atoms with E-state index in [9.17, 15) is 5.11 Å². The van der Waals surface area contributed by atoms with Crippen molar-refractivity contribution in [1.29, 1.82) is 0 Å². The molecule has 0 aliphatic heterocycles. The number of H-pyrrole nitrogens is 1. The Hall–Kier alpha value is -1.96. The van der Waals surface area contributed by atoms with Crippen molar-refractivity contribution in [3.05, 3.63) is 54.9 Å². The lowest BCUT2D eigenvalue weighted by molar-refractivity contribution is 0.482. The van der Waals surface area contributed by atoms with Gasteiger partial charge in [0.2, 0.25) is 0 Å². The van der Waals surface area contributed by atoms with E-state index in [1.165, 1.54) is 0 Å². The molecular weight excluding hydrogens is 174 g/mol. The third-order valence-electron chi connectivity index (χ3n) is 2.04. The minimum Gasteiger partial charge on any atom is -0.507 e. The van der Waals surface area contributed by atoms with Crippen molar-refractivity contribution in [3.8, 4) is 5.75 Å². The van der Waals surface area contributed by atoms with E-state index in [2.05, 4.69) is 4.98 Å². The number of benzene rings is 1. The van der Waals surface area contributed by atoms with Crippen LogP contribution in [-0.2, 0) is 0 Å². The van der Waals surface area contributed by atoms with E-state index in [0.717, 1.165) is 10.8 Å². The monoisotopic (exact) mass is 185 g/mol. The number of aromatic nitrogens is 1. The molecule has 0 aliphatic rings. The van der Waals surface area contributed by atoms with Crippen LogP contribution in [0.15, 0.2) is 54.9 Å². The predicted octanol–water partition coefficient (Wildman–Crippen LogP) is 3.00. The molecule has 0 amide bonds. The van der Waals surface area contributed by atoms with Gasteiger partial charge in [0.1, 0.15) is 5.75 Å². The third kappa shape index (κ3) is 1.69. The maximum absolute atomic E-state index is 9.73. The summed E-state index contributed by atoms with van der Waals surface area (Å²) in [6.07, 6.45) is 3.51. The highest BCUT2D eigenvalue weighted by molar-refractivity contribution is 5.86. The summed E-state index contributed by atoms with van der Waals surface area (Å²) in [5.74, 6) is 0.271. The topological polar surface area (TPSA) is 36.0 Å². The first kappa shape index (κ1) is 8.63. The Balaban J connectivity index is 2.91. The summed E-state index contributed by atoms with van der Waals surface area (Å²) in [5, 5.41) is 11.6. The predicted molar refractivity (Wildman–Crippen MR) is 57.6 cm³/mol. The summed E-state index contributed by atoms with van der Waals surface area (Å²) in [7, 11) is 0. The second-order valence-corrected chi connectivity index (χ2v) is 3.00. The van der Waals surface area contributed by atoms with Crippen molar-refractivity contribution in [3.63, 3.8) is 0 Å². The lowest BCUT2D eigenvalue weighted by Gasteiger charge is -1.94. The maximum atomic E-state index is 9.73. The molecule has 0 bridgehead atoms. The van der Waals surface area contributed by atoms with Gasteiger partial charge in [-0.2, -0.15) is 0 Å². The Labute approximate surface area is 82.2 Å². The van der Waals surface area contributed by atoms with E-state index >= 15 is 0 Å². The van der Waals surface area contributed by atoms with E-state index in [4.69, 9.17) is 0 Å². The molecule has 0 atom stereocenters. The highest BCUT2D eigenvalue weighted by Gasteiger charge is 1.92. The lowest BCUT2D eigenvalue weighted by atomic mass is 10.1. The molecule has 0 fully saturated rings. The molecule has 1 aromatic carbocycles. The van der Waals surface area contributed by atoms with Gasteiger partial charge in [0.15, 0.2) is 0 Å². The summed E-state index contributed by atoms with van der Waals surface area (Å²) in [6, 6.07) is 13.2. The molecule has 14 heavy (non-hydrogen) atoms. The molecule has 0 aliphatic carbocycles. The third-order valence-corrected chi connectivity index (χ3v) is 2.04. The van der Waals surface area contributed by atoms with Gasteiger partial charge in [0, 0.05) is 17.8 Å². The van der Waals surface area contributed by atoms with E-state index in [1.54, 1.807) is 12.3 Å². The highest BCUT2D eigenvalue weighted by Crippen LogP contribution is 2.20. The molecule has 70 valence electrons. The quantitative estimate of drug-likeness (QED) is 0.650. The lowest BCUT2D eigenvalue weighted by Crippen LogP contribution is -1.67. The minimum absolute atomic E-state index is 0.271. The van der Waals surface area contributed by atoms with Crippen molar-refractivity contribution in [2.45, 2.75) is 0 Å². The molecule has 1 aromatic heterocycles. The van der Waals surface area contributed by atoms with Gasteiger partial charge < -0.3 is 10.1 Å². The van der Waals surface area contributed by atoms with Crippen molar-refractivity contribution >= 4 is 10.8 Å².